The molecule has 2 heterocycles. The van der Waals surface area contributed by atoms with E-state index in [1.165, 1.54) is 0 Å². The van der Waals surface area contributed by atoms with Crippen molar-refractivity contribution in [2.24, 2.45) is 0 Å². The lowest BCUT2D eigenvalue weighted by Gasteiger charge is -2.11. The Bertz CT molecular complexity index is 1100. The monoisotopic (exact) mass is 375 g/mol. The van der Waals surface area contributed by atoms with E-state index in [0.717, 1.165) is 39.5 Å². The van der Waals surface area contributed by atoms with E-state index in [0.29, 0.717) is 11.6 Å². The number of nitrogens with zero attached hydrogens (tertiary/aromatic N) is 3. The first-order valence-electron chi connectivity index (χ1n) is 8.61. The first-order valence-corrected chi connectivity index (χ1v) is 8.99. The predicted molar refractivity (Wildman–Crippen MR) is 111 cm³/mol. The highest BCUT2D eigenvalue weighted by atomic mass is 35.5. The molecular formula is C21H18ClN5. The van der Waals surface area contributed by atoms with E-state index in [4.69, 9.17) is 11.6 Å². The van der Waals surface area contributed by atoms with Crippen molar-refractivity contribution in [2.45, 2.75) is 13.5 Å². The molecule has 5 nitrogen and oxygen atoms in total. The fourth-order valence-electron chi connectivity index (χ4n) is 2.86. The molecule has 2 aromatic heterocycles. The van der Waals surface area contributed by atoms with E-state index < -0.39 is 0 Å². The van der Waals surface area contributed by atoms with Crippen LogP contribution in [0.5, 0.6) is 0 Å². The lowest BCUT2D eigenvalue weighted by atomic mass is 10.2. The van der Waals surface area contributed by atoms with Crippen LogP contribution in [0.1, 0.15) is 11.4 Å². The largest absolute Gasteiger partial charge is 0.379 e. The number of anilines is 3. The Morgan fingerprint density at radius 2 is 1.81 bits per heavy atom. The Kier molecular flexibility index (Phi) is 4.85. The SMILES string of the molecule is Cc1cccc(CNc2ccc3ncnc(Nc4cccc(Cl)c4)c3c2)n1. The molecule has 2 aromatic carbocycles. The number of hydrogen-bond acceptors (Lipinski definition) is 5. The third-order valence-electron chi connectivity index (χ3n) is 4.14. The number of pyridine rings is 1. The molecule has 2 N–H and O–H groups in total. The van der Waals surface area contributed by atoms with Crippen molar-refractivity contribution in [1.82, 2.24) is 15.0 Å². The second-order valence-electron chi connectivity index (χ2n) is 6.21. The van der Waals surface area contributed by atoms with Crippen molar-refractivity contribution in [2.75, 3.05) is 10.6 Å². The average molecular weight is 376 g/mol. The highest BCUT2D eigenvalue weighted by Gasteiger charge is 2.06. The standard InChI is InChI=1S/C21H18ClN5/c1-14-4-2-7-18(26-14)12-23-16-8-9-20-19(11-16)21(25-13-24-20)27-17-6-3-5-15(22)10-17/h2-11,13,23H,12H2,1H3,(H,24,25,27). The zero-order valence-electron chi connectivity index (χ0n) is 14.8. The van der Waals surface area contributed by atoms with Gasteiger partial charge in [0.05, 0.1) is 17.8 Å². The maximum absolute atomic E-state index is 6.08. The highest BCUT2D eigenvalue weighted by molar-refractivity contribution is 6.30. The van der Waals surface area contributed by atoms with Crippen molar-refractivity contribution >= 4 is 39.7 Å². The second kappa shape index (κ2) is 7.60. The fraction of sp³-hybridized carbons (Fsp3) is 0.0952. The Morgan fingerprint density at radius 3 is 2.67 bits per heavy atom. The van der Waals surface area contributed by atoms with E-state index in [-0.39, 0.29) is 0 Å². The topological polar surface area (TPSA) is 62.7 Å². The van der Waals surface area contributed by atoms with E-state index in [1.807, 2.05) is 67.6 Å². The maximum atomic E-state index is 6.08. The van der Waals surface area contributed by atoms with Gasteiger partial charge in [0.1, 0.15) is 12.1 Å². The van der Waals surface area contributed by atoms with Crippen molar-refractivity contribution in [1.29, 1.82) is 0 Å². The summed E-state index contributed by atoms with van der Waals surface area (Å²) in [4.78, 5) is 13.3. The van der Waals surface area contributed by atoms with Gasteiger partial charge in [-0.25, -0.2) is 9.97 Å². The summed E-state index contributed by atoms with van der Waals surface area (Å²) in [6, 6.07) is 19.6. The number of aryl methyl sites for hydroxylation is 1. The molecule has 0 aliphatic heterocycles. The predicted octanol–water partition coefficient (Wildman–Crippen LogP) is 5.34. The van der Waals surface area contributed by atoms with Crippen LogP contribution in [-0.4, -0.2) is 15.0 Å². The van der Waals surface area contributed by atoms with Crippen LogP contribution in [0.15, 0.2) is 67.0 Å². The van der Waals surface area contributed by atoms with Crippen LogP contribution in [0.4, 0.5) is 17.2 Å². The number of hydrogen-bond donors (Lipinski definition) is 2. The van der Waals surface area contributed by atoms with E-state index in [2.05, 4.69) is 25.6 Å². The van der Waals surface area contributed by atoms with E-state index in [1.54, 1.807) is 6.33 Å². The minimum absolute atomic E-state index is 0.651. The highest BCUT2D eigenvalue weighted by Crippen LogP contribution is 2.27. The molecule has 0 unspecified atom stereocenters. The number of aromatic nitrogens is 3. The van der Waals surface area contributed by atoms with Crippen LogP contribution >= 0.6 is 11.6 Å². The Labute approximate surface area is 162 Å². The van der Waals surface area contributed by atoms with Gasteiger partial charge >= 0.3 is 0 Å². The Morgan fingerprint density at radius 1 is 0.926 bits per heavy atom. The third kappa shape index (κ3) is 4.15. The summed E-state index contributed by atoms with van der Waals surface area (Å²) in [5.74, 6) is 0.736. The second-order valence-corrected chi connectivity index (χ2v) is 6.65. The molecule has 0 amide bonds. The van der Waals surface area contributed by atoms with Gasteiger partial charge in [0.2, 0.25) is 0 Å². The van der Waals surface area contributed by atoms with Gasteiger partial charge in [0.25, 0.3) is 0 Å². The zero-order valence-corrected chi connectivity index (χ0v) is 15.5. The fourth-order valence-corrected chi connectivity index (χ4v) is 3.05. The molecule has 6 heteroatoms. The van der Waals surface area contributed by atoms with Crippen LogP contribution in [0.3, 0.4) is 0 Å². The maximum Gasteiger partial charge on any atom is 0.141 e. The van der Waals surface area contributed by atoms with Crippen molar-refractivity contribution < 1.29 is 0 Å². The first kappa shape index (κ1) is 17.2. The van der Waals surface area contributed by atoms with Crippen molar-refractivity contribution in [3.63, 3.8) is 0 Å². The molecule has 0 saturated heterocycles. The van der Waals surface area contributed by atoms with Gasteiger partial charge in [-0.15, -0.1) is 0 Å². The number of benzene rings is 2. The zero-order chi connectivity index (χ0) is 18.6. The molecule has 27 heavy (non-hydrogen) atoms. The van der Waals surface area contributed by atoms with Crippen LogP contribution in [0.2, 0.25) is 5.02 Å². The lowest BCUT2D eigenvalue weighted by molar-refractivity contribution is 1.02. The molecule has 4 aromatic rings. The van der Waals surface area contributed by atoms with Gasteiger partial charge in [-0.1, -0.05) is 23.7 Å². The van der Waals surface area contributed by atoms with Crippen LogP contribution in [0.25, 0.3) is 10.9 Å². The summed E-state index contributed by atoms with van der Waals surface area (Å²) in [7, 11) is 0. The molecule has 0 spiro atoms. The molecule has 0 aliphatic carbocycles. The molecule has 0 radical (unpaired) electrons. The minimum atomic E-state index is 0.651. The average Bonchev–Trinajstić information content (AvgIpc) is 2.67. The normalized spacial score (nSPS) is 10.7. The molecule has 134 valence electrons. The smallest absolute Gasteiger partial charge is 0.141 e. The summed E-state index contributed by atoms with van der Waals surface area (Å²) in [6.45, 7) is 2.64. The summed E-state index contributed by atoms with van der Waals surface area (Å²) in [5, 5.41) is 8.34. The molecule has 4 rings (SSSR count). The van der Waals surface area contributed by atoms with Gasteiger partial charge in [-0.3, -0.25) is 4.98 Å². The quantitative estimate of drug-likeness (QED) is 0.492. The van der Waals surface area contributed by atoms with E-state index in [9.17, 15) is 0 Å². The van der Waals surface area contributed by atoms with Gasteiger partial charge < -0.3 is 10.6 Å². The summed E-state index contributed by atoms with van der Waals surface area (Å²) >= 11 is 6.08. The van der Waals surface area contributed by atoms with Crippen LogP contribution in [0, 0.1) is 6.92 Å². The minimum Gasteiger partial charge on any atom is -0.379 e. The Hall–Kier alpha value is -3.18. The number of rotatable bonds is 5. The lowest BCUT2D eigenvalue weighted by Crippen LogP contribution is -2.03. The van der Waals surface area contributed by atoms with Crippen molar-refractivity contribution in [3.05, 3.63) is 83.4 Å². The first-order chi connectivity index (χ1) is 13.2. The van der Waals surface area contributed by atoms with Gasteiger partial charge in [-0.2, -0.15) is 0 Å². The third-order valence-corrected chi connectivity index (χ3v) is 4.38. The Balaban J connectivity index is 1.60. The van der Waals surface area contributed by atoms with Gasteiger partial charge in [0, 0.05) is 27.5 Å². The molecular weight excluding hydrogens is 358 g/mol. The van der Waals surface area contributed by atoms with Crippen LogP contribution in [-0.2, 0) is 6.54 Å². The summed E-state index contributed by atoms with van der Waals surface area (Å²) < 4.78 is 0. The number of nitrogens with one attached hydrogen (secondary N) is 2. The van der Waals surface area contributed by atoms with Crippen LogP contribution < -0.4 is 10.6 Å². The molecule has 0 bridgehead atoms. The molecule has 0 saturated carbocycles. The van der Waals surface area contributed by atoms with Gasteiger partial charge in [-0.05, 0) is 55.5 Å². The molecule has 0 atom stereocenters. The van der Waals surface area contributed by atoms with Crippen molar-refractivity contribution in [3.8, 4) is 0 Å². The number of halogens is 1. The van der Waals surface area contributed by atoms with Gasteiger partial charge in [0.15, 0.2) is 0 Å². The summed E-state index contributed by atoms with van der Waals surface area (Å²) in [6.07, 6.45) is 1.55. The number of fused-ring (bicyclic) bond motifs is 1. The molecule has 0 fully saturated rings. The molecule has 0 aliphatic rings. The van der Waals surface area contributed by atoms with E-state index >= 15 is 0 Å². The summed E-state index contributed by atoms with van der Waals surface area (Å²) in [5.41, 5.74) is 4.74.